The van der Waals surface area contributed by atoms with Gasteiger partial charge in [-0.1, -0.05) is 29.5 Å². The predicted molar refractivity (Wildman–Crippen MR) is 76.3 cm³/mol. The Balaban J connectivity index is 2.05. The lowest BCUT2D eigenvalue weighted by Gasteiger charge is -2.15. The number of hydrogen-bond donors (Lipinski definition) is 1. The van der Waals surface area contributed by atoms with Crippen molar-refractivity contribution in [2.45, 2.75) is 26.4 Å². The van der Waals surface area contributed by atoms with Gasteiger partial charge in [0.1, 0.15) is 12.4 Å². The summed E-state index contributed by atoms with van der Waals surface area (Å²) in [7, 11) is 0. The van der Waals surface area contributed by atoms with Crippen molar-refractivity contribution in [2.24, 2.45) is 0 Å². The molecule has 1 amide bonds. The Labute approximate surface area is 119 Å². The number of thiazole rings is 1. The summed E-state index contributed by atoms with van der Waals surface area (Å²) in [5.74, 6) is -0.673. The normalized spacial score (nSPS) is 12.2. The molecule has 2 rings (SSSR count). The van der Waals surface area contributed by atoms with Gasteiger partial charge in [0.05, 0.1) is 6.04 Å². The van der Waals surface area contributed by atoms with Gasteiger partial charge in [-0.2, -0.15) is 0 Å². The minimum absolute atomic E-state index is 0.0487. The van der Waals surface area contributed by atoms with E-state index in [1.165, 1.54) is 10.6 Å². The second-order valence-electron chi connectivity index (χ2n) is 4.54. The molecular formula is C14H15FN2O2S. The van der Waals surface area contributed by atoms with Gasteiger partial charge in [-0.3, -0.25) is 14.2 Å². The fourth-order valence-electron chi connectivity index (χ4n) is 1.93. The highest BCUT2D eigenvalue weighted by atomic mass is 32.1. The van der Waals surface area contributed by atoms with Crippen LogP contribution in [0.2, 0.25) is 0 Å². The lowest BCUT2D eigenvalue weighted by atomic mass is 10.1. The number of amides is 1. The van der Waals surface area contributed by atoms with Crippen LogP contribution in [0.4, 0.5) is 4.39 Å². The van der Waals surface area contributed by atoms with E-state index in [0.29, 0.717) is 5.56 Å². The minimum Gasteiger partial charge on any atom is -0.348 e. The molecule has 106 valence electrons. The van der Waals surface area contributed by atoms with Crippen LogP contribution in [0.15, 0.2) is 34.4 Å². The van der Waals surface area contributed by atoms with Crippen molar-refractivity contribution in [1.82, 2.24) is 9.88 Å². The van der Waals surface area contributed by atoms with Gasteiger partial charge in [-0.25, -0.2) is 4.39 Å². The summed E-state index contributed by atoms with van der Waals surface area (Å²) in [6, 6.07) is 5.85. The summed E-state index contributed by atoms with van der Waals surface area (Å²) >= 11 is 1.06. The molecule has 4 nitrogen and oxygen atoms in total. The van der Waals surface area contributed by atoms with Crippen LogP contribution in [-0.2, 0) is 11.3 Å². The molecule has 6 heteroatoms. The quantitative estimate of drug-likeness (QED) is 0.940. The van der Waals surface area contributed by atoms with E-state index in [4.69, 9.17) is 0 Å². The maximum Gasteiger partial charge on any atom is 0.307 e. The van der Waals surface area contributed by atoms with Crippen LogP contribution < -0.4 is 10.2 Å². The summed E-state index contributed by atoms with van der Waals surface area (Å²) in [4.78, 5) is 23.3. The van der Waals surface area contributed by atoms with Crippen LogP contribution in [0.1, 0.15) is 24.2 Å². The number of carbonyl (C=O) groups is 1. The highest BCUT2D eigenvalue weighted by molar-refractivity contribution is 7.07. The SMILES string of the molecule is Cc1csc(=O)n1CC(=O)NC(C)c1ccccc1F. The minimum atomic E-state index is -0.446. The van der Waals surface area contributed by atoms with Crippen molar-refractivity contribution in [2.75, 3.05) is 0 Å². The van der Waals surface area contributed by atoms with Crippen LogP contribution in [0.25, 0.3) is 0 Å². The Morgan fingerprint density at radius 2 is 2.15 bits per heavy atom. The van der Waals surface area contributed by atoms with Crippen LogP contribution in [0, 0.1) is 12.7 Å². The van der Waals surface area contributed by atoms with Crippen LogP contribution in [0.5, 0.6) is 0 Å². The van der Waals surface area contributed by atoms with Crippen LogP contribution >= 0.6 is 11.3 Å². The molecule has 0 fully saturated rings. The lowest BCUT2D eigenvalue weighted by molar-refractivity contribution is -0.122. The Hall–Kier alpha value is -1.95. The van der Waals surface area contributed by atoms with Crippen molar-refractivity contribution in [3.8, 4) is 0 Å². The number of aromatic nitrogens is 1. The zero-order valence-electron chi connectivity index (χ0n) is 11.2. The maximum atomic E-state index is 13.6. The summed E-state index contributed by atoms with van der Waals surface area (Å²) in [5, 5.41) is 4.40. The first-order chi connectivity index (χ1) is 9.49. The summed E-state index contributed by atoms with van der Waals surface area (Å²) in [6.45, 7) is 3.43. The average molecular weight is 294 g/mol. The molecule has 20 heavy (non-hydrogen) atoms. The topological polar surface area (TPSA) is 51.1 Å². The van der Waals surface area contributed by atoms with Gasteiger partial charge in [-0.05, 0) is 19.9 Å². The van der Waals surface area contributed by atoms with E-state index >= 15 is 0 Å². The van der Waals surface area contributed by atoms with Gasteiger partial charge in [0.2, 0.25) is 5.91 Å². The van der Waals surface area contributed by atoms with Crippen LogP contribution in [-0.4, -0.2) is 10.5 Å². The van der Waals surface area contributed by atoms with Gasteiger partial charge in [0, 0.05) is 16.6 Å². The summed E-state index contributed by atoms with van der Waals surface area (Å²) in [6.07, 6.45) is 0. The van der Waals surface area contributed by atoms with Crippen molar-refractivity contribution < 1.29 is 9.18 Å². The molecule has 0 radical (unpaired) electrons. The Kier molecular flexibility index (Phi) is 4.34. The molecule has 0 aliphatic carbocycles. The number of rotatable bonds is 4. The van der Waals surface area contributed by atoms with E-state index in [1.807, 2.05) is 0 Å². The molecular weight excluding hydrogens is 279 g/mol. The Morgan fingerprint density at radius 1 is 1.45 bits per heavy atom. The van der Waals surface area contributed by atoms with Gasteiger partial charge < -0.3 is 5.32 Å². The number of hydrogen-bond acceptors (Lipinski definition) is 3. The van der Waals surface area contributed by atoms with E-state index < -0.39 is 6.04 Å². The molecule has 0 aliphatic rings. The summed E-state index contributed by atoms with van der Waals surface area (Å²) in [5.41, 5.74) is 1.17. The van der Waals surface area contributed by atoms with E-state index in [2.05, 4.69) is 5.32 Å². The Morgan fingerprint density at radius 3 is 2.75 bits per heavy atom. The zero-order valence-corrected chi connectivity index (χ0v) is 12.0. The van der Waals surface area contributed by atoms with Gasteiger partial charge in [0.15, 0.2) is 0 Å². The van der Waals surface area contributed by atoms with E-state index in [0.717, 1.165) is 17.0 Å². The van der Waals surface area contributed by atoms with Crippen molar-refractivity contribution in [3.05, 3.63) is 56.4 Å². The second-order valence-corrected chi connectivity index (χ2v) is 5.36. The monoisotopic (exact) mass is 294 g/mol. The number of nitrogens with one attached hydrogen (secondary N) is 1. The molecule has 0 saturated heterocycles. The third kappa shape index (κ3) is 3.14. The molecule has 1 N–H and O–H groups in total. The lowest BCUT2D eigenvalue weighted by Crippen LogP contribution is -2.33. The third-order valence-corrected chi connectivity index (χ3v) is 3.91. The first-order valence-corrected chi connectivity index (χ1v) is 7.05. The van der Waals surface area contributed by atoms with E-state index in [9.17, 15) is 14.0 Å². The number of carbonyl (C=O) groups excluding carboxylic acids is 1. The number of nitrogens with zero attached hydrogens (tertiary/aromatic N) is 1. The third-order valence-electron chi connectivity index (χ3n) is 3.03. The second kappa shape index (κ2) is 6.00. The Bertz CT molecular complexity index is 678. The van der Waals surface area contributed by atoms with Crippen molar-refractivity contribution in [1.29, 1.82) is 0 Å². The average Bonchev–Trinajstić information content (AvgIpc) is 2.71. The highest BCUT2D eigenvalue weighted by Crippen LogP contribution is 2.15. The maximum absolute atomic E-state index is 13.6. The molecule has 1 aromatic carbocycles. The van der Waals surface area contributed by atoms with Gasteiger partial charge in [0.25, 0.3) is 0 Å². The number of aryl methyl sites for hydroxylation is 1. The molecule has 1 aromatic heterocycles. The molecule has 0 spiro atoms. The molecule has 1 unspecified atom stereocenters. The van der Waals surface area contributed by atoms with Gasteiger partial charge in [-0.15, -0.1) is 0 Å². The standard InChI is InChI=1S/C14H15FN2O2S/c1-9-8-20-14(19)17(9)7-13(18)16-10(2)11-5-3-4-6-12(11)15/h3-6,8,10H,7H2,1-2H3,(H,16,18). The largest absolute Gasteiger partial charge is 0.348 e. The molecule has 0 saturated carbocycles. The molecule has 0 aliphatic heterocycles. The van der Waals surface area contributed by atoms with E-state index in [-0.39, 0.29) is 23.1 Å². The fraction of sp³-hybridized carbons (Fsp3) is 0.286. The van der Waals surface area contributed by atoms with E-state index in [1.54, 1.807) is 37.4 Å². The zero-order chi connectivity index (χ0) is 14.7. The first-order valence-electron chi connectivity index (χ1n) is 6.17. The number of benzene rings is 1. The highest BCUT2D eigenvalue weighted by Gasteiger charge is 2.14. The number of halogens is 1. The molecule has 2 aromatic rings. The predicted octanol–water partition coefficient (Wildman–Crippen LogP) is 2.23. The van der Waals surface area contributed by atoms with Crippen molar-refractivity contribution in [3.63, 3.8) is 0 Å². The smallest absolute Gasteiger partial charge is 0.307 e. The summed E-state index contributed by atoms with van der Waals surface area (Å²) < 4.78 is 15.0. The first kappa shape index (κ1) is 14.5. The fourth-order valence-corrected chi connectivity index (χ4v) is 2.67. The van der Waals surface area contributed by atoms with Crippen LogP contribution in [0.3, 0.4) is 0 Å². The molecule has 1 atom stereocenters. The molecule has 0 bridgehead atoms. The van der Waals surface area contributed by atoms with Gasteiger partial charge >= 0.3 is 4.87 Å². The van der Waals surface area contributed by atoms with Crippen molar-refractivity contribution >= 4 is 17.2 Å². The molecule has 1 heterocycles.